The minimum absolute atomic E-state index is 0.123. The monoisotopic (exact) mass is 970 g/mol. The summed E-state index contributed by atoms with van der Waals surface area (Å²) in [6.07, 6.45) is -26.0. The van der Waals surface area contributed by atoms with Crippen molar-refractivity contribution in [3.8, 4) is 0 Å². The Morgan fingerprint density at radius 1 is 0.478 bits per heavy atom. The summed E-state index contributed by atoms with van der Waals surface area (Å²) < 4.78 is 46.4. The van der Waals surface area contributed by atoms with Gasteiger partial charge in [0.05, 0.1) is 44.7 Å². The molecule has 23 nitrogen and oxygen atoms in total. The third-order valence-electron chi connectivity index (χ3n) is 17.5. The molecule has 4 aliphatic heterocycles. The second kappa shape index (κ2) is 19.8. The molecule has 0 aromatic carbocycles. The molecule has 4 aliphatic carbocycles. The van der Waals surface area contributed by atoms with Crippen LogP contribution in [0.3, 0.4) is 0 Å². The van der Waals surface area contributed by atoms with Crippen molar-refractivity contribution in [2.75, 3.05) is 33.0 Å². The molecule has 4 heterocycles. The number of rotatable bonds is 13. The molecule has 8 rings (SSSR count). The molecule has 15 N–H and O–H groups in total. The third kappa shape index (κ3) is 9.28. The van der Waals surface area contributed by atoms with Crippen LogP contribution in [-0.4, -0.2) is 244 Å². The molecule has 0 aromatic rings. The smallest absolute Gasteiger partial charge is 0.186 e. The van der Waals surface area contributed by atoms with Gasteiger partial charge in [-0.25, -0.2) is 0 Å². The molecule has 1 spiro atoms. The van der Waals surface area contributed by atoms with Crippen molar-refractivity contribution in [2.45, 2.75) is 207 Å². The molecule has 4 saturated heterocycles. The second-order valence-electron chi connectivity index (χ2n) is 21.7. The highest BCUT2D eigenvalue weighted by atomic mass is 16.7. The van der Waals surface area contributed by atoms with Crippen LogP contribution in [0, 0.1) is 34.0 Å². The van der Waals surface area contributed by atoms with E-state index in [0.717, 1.165) is 32.1 Å². The molecule has 23 heteroatoms. The number of aliphatic hydroxyl groups excluding tert-OH is 14. The van der Waals surface area contributed by atoms with Crippen molar-refractivity contribution in [2.24, 2.45) is 34.0 Å². The van der Waals surface area contributed by atoms with Crippen molar-refractivity contribution < 1.29 is 114 Å². The molecule has 388 valence electrons. The van der Waals surface area contributed by atoms with E-state index in [0.29, 0.717) is 19.3 Å². The summed E-state index contributed by atoms with van der Waals surface area (Å²) >= 11 is 0. The highest BCUT2D eigenvalue weighted by Gasteiger charge is 2.69. The van der Waals surface area contributed by atoms with Gasteiger partial charge >= 0.3 is 0 Å². The highest BCUT2D eigenvalue weighted by molar-refractivity contribution is 5.18. The fraction of sp³-hybridized carbons (Fsp3) is 1.00. The van der Waals surface area contributed by atoms with Gasteiger partial charge in [-0.2, -0.15) is 0 Å². The van der Waals surface area contributed by atoms with Gasteiger partial charge in [0.15, 0.2) is 25.2 Å². The summed E-state index contributed by atoms with van der Waals surface area (Å²) in [5.74, 6) is 0.194. The number of hydrogen-bond donors (Lipinski definition) is 15. The van der Waals surface area contributed by atoms with Crippen LogP contribution in [0.1, 0.15) is 72.1 Å². The zero-order valence-electron chi connectivity index (χ0n) is 38.0. The maximum atomic E-state index is 12.4. The first-order chi connectivity index (χ1) is 31.5. The topological polar surface area (TPSA) is 377 Å². The molecule has 2 bridgehead atoms. The Balaban J connectivity index is 0.884. The second-order valence-corrected chi connectivity index (χ2v) is 21.7. The van der Waals surface area contributed by atoms with E-state index in [1.165, 1.54) is 0 Å². The van der Waals surface area contributed by atoms with E-state index >= 15 is 0 Å². The molecule has 27 atom stereocenters. The first kappa shape index (κ1) is 52.4. The summed E-state index contributed by atoms with van der Waals surface area (Å²) in [4.78, 5) is 0. The Morgan fingerprint density at radius 3 is 1.43 bits per heavy atom. The average molecular weight is 971 g/mol. The number of aliphatic hydroxyl groups is 15. The van der Waals surface area contributed by atoms with E-state index in [1.54, 1.807) is 0 Å². The maximum absolute atomic E-state index is 12.4. The summed E-state index contributed by atoms with van der Waals surface area (Å²) in [6.45, 7) is 3.95. The maximum Gasteiger partial charge on any atom is 0.186 e. The van der Waals surface area contributed by atoms with Gasteiger partial charge in [0.1, 0.15) is 97.7 Å². The molecule has 4 saturated carbocycles. The standard InChI is InChI=1S/C44H74O23/c1-41(2)22-6-9-43-10-17(44(59,15-43)16-62-39-35(57)31(53)27(49)20(65-39)13-60-37-33(55)29(51)25(47)18(11-45)63-37)4-5-23(43)42(22,3)8-7-24(41)67-40-36(58)32(54)28(50)21(66-40)14-61-38-34(56)30(52)26(48)19(12-46)64-38/h17-40,45-59H,4-16H2,1-3H3/t17-,18+,19-,20+,21-,22-,23+,24-,25+,26-,27+,28-,29-,30+,31-,32+,33+,34-,35+,36-,37+,38-,39+,40+,42-,43+,44+/m1/s1. The lowest BCUT2D eigenvalue weighted by atomic mass is 9.41. The van der Waals surface area contributed by atoms with Gasteiger partial charge < -0.3 is 114 Å². The Morgan fingerprint density at radius 2 is 0.925 bits per heavy atom. The van der Waals surface area contributed by atoms with Gasteiger partial charge in [-0.15, -0.1) is 0 Å². The SMILES string of the molecule is CC1(C)[C@H]2CC[C@@]34C[C@@H](CC[C@H]3[C@]2(C)CC[C@H]1O[C@@H]1O[C@H](CO[C@@H]2O[C@H](CO)[C@@H](O)[C@H](O)[C@H]2O)[C@@H](O)[C@H](O)[C@H]1O)[C@@](O)(CO[C@H]1O[C@@H](CO[C@H]2O[C@@H](CO)[C@H](O)[C@@H](O)[C@@H]2O)[C@H](O)[C@@H](O)[C@@H]1O)C4. The summed E-state index contributed by atoms with van der Waals surface area (Å²) in [7, 11) is 0. The predicted octanol–water partition coefficient (Wildman–Crippen LogP) is -5.59. The van der Waals surface area contributed by atoms with Gasteiger partial charge in [-0.1, -0.05) is 20.8 Å². The van der Waals surface area contributed by atoms with Crippen molar-refractivity contribution in [1.29, 1.82) is 0 Å². The third-order valence-corrected chi connectivity index (χ3v) is 17.5. The largest absolute Gasteiger partial charge is 0.394 e. The van der Waals surface area contributed by atoms with Crippen LogP contribution in [0.5, 0.6) is 0 Å². The Kier molecular flexibility index (Phi) is 15.5. The zero-order chi connectivity index (χ0) is 48.7. The summed E-state index contributed by atoms with van der Waals surface area (Å²) in [5, 5.41) is 158. The van der Waals surface area contributed by atoms with E-state index in [-0.39, 0.29) is 35.2 Å². The van der Waals surface area contributed by atoms with E-state index in [2.05, 4.69) is 20.8 Å². The fourth-order valence-corrected chi connectivity index (χ4v) is 13.8. The van der Waals surface area contributed by atoms with Crippen LogP contribution in [-0.2, 0) is 37.9 Å². The minimum atomic E-state index is -1.75. The molecule has 0 unspecified atom stereocenters. The van der Waals surface area contributed by atoms with Crippen LogP contribution in [0.25, 0.3) is 0 Å². The Labute approximate surface area is 387 Å². The van der Waals surface area contributed by atoms with Gasteiger partial charge in [0.2, 0.25) is 0 Å². The lowest BCUT2D eigenvalue weighted by molar-refractivity contribution is -0.345. The van der Waals surface area contributed by atoms with Crippen LogP contribution < -0.4 is 0 Å². The quantitative estimate of drug-likeness (QED) is 0.0765. The highest BCUT2D eigenvalue weighted by Crippen LogP contribution is 2.73. The van der Waals surface area contributed by atoms with Crippen molar-refractivity contribution >= 4 is 0 Å². The molecular weight excluding hydrogens is 896 g/mol. The van der Waals surface area contributed by atoms with Gasteiger partial charge in [-0.05, 0) is 85.4 Å². The number of hydrogen-bond acceptors (Lipinski definition) is 23. The zero-order valence-corrected chi connectivity index (χ0v) is 38.0. The first-order valence-corrected chi connectivity index (χ1v) is 23.7. The lowest BCUT2D eigenvalue weighted by Crippen LogP contribution is -2.63. The molecule has 0 amide bonds. The number of fused-ring (bicyclic) bond motifs is 3. The van der Waals surface area contributed by atoms with Crippen molar-refractivity contribution in [3.63, 3.8) is 0 Å². The average Bonchev–Trinajstić information content (AvgIpc) is 3.50. The molecule has 0 radical (unpaired) electrons. The molecule has 67 heavy (non-hydrogen) atoms. The molecule has 0 aromatic heterocycles. The van der Waals surface area contributed by atoms with Crippen molar-refractivity contribution in [3.05, 3.63) is 0 Å². The Hall–Kier alpha value is -0.920. The van der Waals surface area contributed by atoms with Crippen LogP contribution in [0.2, 0.25) is 0 Å². The Bertz CT molecular complexity index is 1660. The minimum Gasteiger partial charge on any atom is -0.394 e. The van der Waals surface area contributed by atoms with Gasteiger partial charge in [0.25, 0.3) is 0 Å². The van der Waals surface area contributed by atoms with E-state index < -0.39 is 166 Å². The lowest BCUT2D eigenvalue weighted by Gasteiger charge is -2.65. The van der Waals surface area contributed by atoms with Crippen molar-refractivity contribution in [1.82, 2.24) is 0 Å². The summed E-state index contributed by atoms with van der Waals surface area (Å²) in [5.41, 5.74) is -2.24. The van der Waals surface area contributed by atoms with E-state index in [1.807, 2.05) is 0 Å². The number of ether oxygens (including phenoxy) is 8. The molecule has 8 aliphatic rings. The molecular formula is C44H74O23. The van der Waals surface area contributed by atoms with Crippen LogP contribution in [0.15, 0.2) is 0 Å². The van der Waals surface area contributed by atoms with Crippen LogP contribution >= 0.6 is 0 Å². The summed E-state index contributed by atoms with van der Waals surface area (Å²) in [6, 6.07) is 0. The van der Waals surface area contributed by atoms with Gasteiger partial charge in [-0.3, -0.25) is 0 Å². The van der Waals surface area contributed by atoms with Gasteiger partial charge in [0, 0.05) is 0 Å². The van der Waals surface area contributed by atoms with E-state index in [9.17, 15) is 76.6 Å². The molecule has 8 fully saturated rings. The van der Waals surface area contributed by atoms with E-state index in [4.69, 9.17) is 37.9 Å². The predicted molar refractivity (Wildman–Crippen MR) is 220 cm³/mol. The normalized spacial score (nSPS) is 55.4. The fourth-order valence-electron chi connectivity index (χ4n) is 13.8. The first-order valence-electron chi connectivity index (χ1n) is 23.7. The van der Waals surface area contributed by atoms with Crippen LogP contribution in [0.4, 0.5) is 0 Å².